The molecule has 1 fully saturated rings. The zero-order chi connectivity index (χ0) is 24.7. The first-order chi connectivity index (χ1) is 17.0. The quantitative estimate of drug-likeness (QED) is 0.369. The molecule has 0 amide bonds. The predicted molar refractivity (Wildman–Crippen MR) is 140 cm³/mol. The molecular formula is C30H36FN3O. The maximum atomic E-state index is 13.0. The van der Waals surface area contributed by atoms with E-state index in [1.54, 1.807) is 12.1 Å². The lowest BCUT2D eigenvalue weighted by Gasteiger charge is -2.36. The van der Waals surface area contributed by atoms with Crippen LogP contribution in [0.4, 0.5) is 4.39 Å². The highest BCUT2D eigenvalue weighted by Crippen LogP contribution is 2.40. The van der Waals surface area contributed by atoms with Gasteiger partial charge in [-0.15, -0.1) is 0 Å². The van der Waals surface area contributed by atoms with Crippen molar-refractivity contribution in [1.29, 1.82) is 5.26 Å². The molecule has 1 saturated heterocycles. The lowest BCUT2D eigenvalue weighted by Crippen LogP contribution is -2.47. The number of nitriles is 1. The fourth-order valence-corrected chi connectivity index (χ4v) is 5.24. The molecule has 0 N–H and O–H groups in total. The van der Waals surface area contributed by atoms with Crippen LogP contribution in [0.15, 0.2) is 66.7 Å². The number of hydrogen-bond donors (Lipinski definition) is 0. The van der Waals surface area contributed by atoms with E-state index in [-0.39, 0.29) is 11.7 Å². The zero-order valence-electron chi connectivity index (χ0n) is 20.9. The van der Waals surface area contributed by atoms with Gasteiger partial charge in [-0.3, -0.25) is 4.90 Å². The number of benzene rings is 3. The Labute approximate surface area is 208 Å². The van der Waals surface area contributed by atoms with Crippen molar-refractivity contribution in [1.82, 2.24) is 9.80 Å². The van der Waals surface area contributed by atoms with Crippen molar-refractivity contribution < 1.29 is 9.13 Å². The summed E-state index contributed by atoms with van der Waals surface area (Å²) in [7, 11) is 0. The second-order valence-corrected chi connectivity index (χ2v) is 9.85. The van der Waals surface area contributed by atoms with Gasteiger partial charge in [0, 0.05) is 32.7 Å². The van der Waals surface area contributed by atoms with Crippen LogP contribution in [-0.4, -0.2) is 55.7 Å². The number of nitrogens with zero attached hydrogens (tertiary/aromatic N) is 3. The molecule has 0 aliphatic carbocycles. The minimum absolute atomic E-state index is 0.233. The lowest BCUT2D eigenvalue weighted by atomic mass is 9.68. The second kappa shape index (κ2) is 11.7. The molecule has 35 heavy (non-hydrogen) atoms. The summed E-state index contributed by atoms with van der Waals surface area (Å²) in [5.41, 5.74) is 0.680. The Morgan fingerprint density at radius 3 is 2.26 bits per heavy atom. The topological polar surface area (TPSA) is 39.5 Å². The van der Waals surface area contributed by atoms with Gasteiger partial charge in [0.2, 0.25) is 0 Å². The van der Waals surface area contributed by atoms with Crippen LogP contribution >= 0.6 is 0 Å². The smallest absolute Gasteiger partial charge is 0.123 e. The first-order valence-corrected chi connectivity index (χ1v) is 12.7. The van der Waals surface area contributed by atoms with Gasteiger partial charge in [-0.05, 0) is 65.9 Å². The van der Waals surface area contributed by atoms with E-state index >= 15 is 0 Å². The van der Waals surface area contributed by atoms with Crippen LogP contribution in [0.1, 0.15) is 32.3 Å². The first-order valence-electron chi connectivity index (χ1n) is 12.7. The normalized spacial score (nSPS) is 16.8. The van der Waals surface area contributed by atoms with E-state index in [0.717, 1.165) is 52.1 Å². The van der Waals surface area contributed by atoms with E-state index in [0.29, 0.717) is 12.4 Å². The summed E-state index contributed by atoms with van der Waals surface area (Å²) in [4.78, 5) is 4.94. The molecule has 4 nitrogen and oxygen atoms in total. The molecule has 1 aliphatic rings. The van der Waals surface area contributed by atoms with Gasteiger partial charge in [-0.25, -0.2) is 4.39 Å². The molecule has 3 aromatic rings. The summed E-state index contributed by atoms with van der Waals surface area (Å²) < 4.78 is 18.8. The van der Waals surface area contributed by atoms with E-state index in [2.05, 4.69) is 72.2 Å². The van der Waals surface area contributed by atoms with Crippen molar-refractivity contribution in [3.63, 3.8) is 0 Å². The molecule has 0 aromatic heterocycles. The molecule has 1 aliphatic heterocycles. The van der Waals surface area contributed by atoms with E-state index < -0.39 is 5.41 Å². The third-order valence-electron chi connectivity index (χ3n) is 7.46. The van der Waals surface area contributed by atoms with Gasteiger partial charge in [0.15, 0.2) is 0 Å². The van der Waals surface area contributed by atoms with E-state index in [1.807, 2.05) is 0 Å². The van der Waals surface area contributed by atoms with Crippen molar-refractivity contribution in [3.05, 3.63) is 78.1 Å². The fraction of sp³-hybridized carbons (Fsp3) is 0.433. The van der Waals surface area contributed by atoms with E-state index in [1.165, 1.54) is 28.5 Å². The van der Waals surface area contributed by atoms with Gasteiger partial charge >= 0.3 is 0 Å². The Bertz CT molecular complexity index is 1130. The van der Waals surface area contributed by atoms with Crippen LogP contribution in [-0.2, 0) is 5.41 Å². The van der Waals surface area contributed by atoms with Crippen molar-refractivity contribution in [2.24, 2.45) is 5.92 Å². The SMILES string of the molecule is CC(C)C(C#N)(CCCN1CCN(CCOc2ccc(F)cc2)CC1)c1cccc2ccccc12. The Morgan fingerprint density at radius 1 is 0.914 bits per heavy atom. The molecule has 0 bridgehead atoms. The summed E-state index contributed by atoms with van der Waals surface area (Å²) in [6.07, 6.45) is 1.86. The largest absolute Gasteiger partial charge is 0.492 e. The highest BCUT2D eigenvalue weighted by atomic mass is 19.1. The van der Waals surface area contributed by atoms with Crippen LogP contribution in [0.5, 0.6) is 5.75 Å². The Kier molecular flexibility index (Phi) is 8.38. The summed E-state index contributed by atoms with van der Waals surface area (Å²) in [6, 6.07) is 23.7. The van der Waals surface area contributed by atoms with Crippen molar-refractivity contribution in [3.8, 4) is 11.8 Å². The molecule has 0 spiro atoms. The van der Waals surface area contributed by atoms with Gasteiger partial charge in [0.25, 0.3) is 0 Å². The van der Waals surface area contributed by atoms with Gasteiger partial charge < -0.3 is 9.64 Å². The molecule has 0 saturated carbocycles. The molecule has 5 heteroatoms. The minimum Gasteiger partial charge on any atom is -0.492 e. The van der Waals surface area contributed by atoms with Gasteiger partial charge in [0.05, 0.1) is 11.5 Å². The maximum Gasteiger partial charge on any atom is 0.123 e. The second-order valence-electron chi connectivity index (χ2n) is 9.85. The highest BCUT2D eigenvalue weighted by molar-refractivity contribution is 5.87. The first kappa shape index (κ1) is 25.2. The lowest BCUT2D eigenvalue weighted by molar-refractivity contribution is 0.114. The number of rotatable bonds is 10. The predicted octanol–water partition coefficient (Wildman–Crippen LogP) is 5.87. The summed E-state index contributed by atoms with van der Waals surface area (Å²) in [5, 5.41) is 12.8. The summed E-state index contributed by atoms with van der Waals surface area (Å²) in [6.45, 7) is 11.0. The van der Waals surface area contributed by atoms with Crippen molar-refractivity contribution in [2.45, 2.75) is 32.1 Å². The third-order valence-corrected chi connectivity index (χ3v) is 7.46. The monoisotopic (exact) mass is 473 g/mol. The molecule has 1 unspecified atom stereocenters. The Hall–Kier alpha value is -2.94. The number of hydrogen-bond acceptors (Lipinski definition) is 4. The number of piperazine rings is 1. The van der Waals surface area contributed by atoms with E-state index in [4.69, 9.17) is 4.74 Å². The molecule has 1 heterocycles. The number of ether oxygens (including phenoxy) is 1. The van der Waals surface area contributed by atoms with Gasteiger partial charge in [0.1, 0.15) is 18.2 Å². The van der Waals surface area contributed by atoms with Crippen molar-refractivity contribution in [2.75, 3.05) is 45.9 Å². The van der Waals surface area contributed by atoms with Crippen LogP contribution in [0.3, 0.4) is 0 Å². The average molecular weight is 474 g/mol. The van der Waals surface area contributed by atoms with Gasteiger partial charge in [-0.2, -0.15) is 5.26 Å². The molecule has 3 aromatic carbocycles. The molecule has 1 atom stereocenters. The Morgan fingerprint density at radius 2 is 1.57 bits per heavy atom. The molecular weight excluding hydrogens is 437 g/mol. The van der Waals surface area contributed by atoms with Crippen LogP contribution in [0, 0.1) is 23.1 Å². The fourth-order valence-electron chi connectivity index (χ4n) is 5.24. The summed E-state index contributed by atoms with van der Waals surface area (Å²) >= 11 is 0. The standard InChI is InChI=1S/C30H36FN3O/c1-24(2)30(23-32,29-10-5-8-25-7-3-4-9-28(25)29)15-6-16-33-17-19-34(20-18-33)21-22-35-27-13-11-26(31)12-14-27/h3-5,7-14,24H,6,15-22H2,1-2H3. The Balaban J connectivity index is 1.27. The summed E-state index contributed by atoms with van der Waals surface area (Å²) in [5.74, 6) is 0.699. The number of halogens is 1. The van der Waals surface area contributed by atoms with Crippen LogP contribution < -0.4 is 4.74 Å². The highest BCUT2D eigenvalue weighted by Gasteiger charge is 2.37. The van der Waals surface area contributed by atoms with E-state index in [9.17, 15) is 9.65 Å². The minimum atomic E-state index is -0.486. The van der Waals surface area contributed by atoms with Crippen LogP contribution in [0.2, 0.25) is 0 Å². The molecule has 184 valence electrons. The van der Waals surface area contributed by atoms with Crippen molar-refractivity contribution >= 4 is 10.8 Å². The molecule has 0 radical (unpaired) electrons. The van der Waals surface area contributed by atoms with Gasteiger partial charge in [-0.1, -0.05) is 56.3 Å². The van der Waals surface area contributed by atoms with Crippen LogP contribution in [0.25, 0.3) is 10.8 Å². The molecule has 4 rings (SSSR count). The average Bonchev–Trinajstić information content (AvgIpc) is 2.88. The number of fused-ring (bicyclic) bond motifs is 1. The zero-order valence-corrected chi connectivity index (χ0v) is 20.9. The third kappa shape index (κ3) is 6.01. The maximum absolute atomic E-state index is 13.0.